The van der Waals surface area contributed by atoms with E-state index in [1.165, 1.54) is 0 Å². The first-order valence-electron chi connectivity index (χ1n) is 9.03. The SMILES string of the molecule is Cc1c(N2CCC(O)C(CO)C2)cc(N)c2c(=O)[nH]c(=O)n(C3CC3)c12. The Morgan fingerprint density at radius 3 is 2.69 bits per heavy atom. The third-order valence-electron chi connectivity index (χ3n) is 5.65. The van der Waals surface area contributed by atoms with Crippen molar-refractivity contribution in [3.8, 4) is 0 Å². The lowest BCUT2D eigenvalue weighted by atomic mass is 9.94. The van der Waals surface area contributed by atoms with Gasteiger partial charge in [-0.15, -0.1) is 0 Å². The molecule has 1 saturated carbocycles. The number of nitrogens with two attached hydrogens (primary N) is 1. The van der Waals surface area contributed by atoms with Crippen LogP contribution >= 0.6 is 0 Å². The summed E-state index contributed by atoms with van der Waals surface area (Å²) in [4.78, 5) is 29.2. The van der Waals surface area contributed by atoms with Gasteiger partial charge in [0.15, 0.2) is 0 Å². The van der Waals surface area contributed by atoms with E-state index in [1.807, 2.05) is 6.92 Å². The topological polar surface area (TPSA) is 125 Å². The average Bonchev–Trinajstić information content (AvgIpc) is 3.43. The van der Waals surface area contributed by atoms with Gasteiger partial charge in [-0.25, -0.2) is 4.79 Å². The fourth-order valence-corrected chi connectivity index (χ4v) is 4.06. The maximum Gasteiger partial charge on any atom is 0.329 e. The van der Waals surface area contributed by atoms with Crippen LogP contribution in [0.15, 0.2) is 15.7 Å². The van der Waals surface area contributed by atoms with Gasteiger partial charge in [-0.05, 0) is 37.8 Å². The molecule has 1 aromatic carbocycles. The second kappa shape index (κ2) is 6.14. The monoisotopic (exact) mass is 360 g/mol. The van der Waals surface area contributed by atoms with Crippen LogP contribution in [0.5, 0.6) is 0 Å². The van der Waals surface area contributed by atoms with Gasteiger partial charge < -0.3 is 20.8 Å². The predicted molar refractivity (Wildman–Crippen MR) is 99.7 cm³/mol. The predicted octanol–water partition coefficient (Wildman–Crippen LogP) is 0.0948. The maximum absolute atomic E-state index is 12.4. The van der Waals surface area contributed by atoms with Crippen molar-refractivity contribution in [1.29, 1.82) is 0 Å². The quantitative estimate of drug-likeness (QED) is 0.575. The van der Waals surface area contributed by atoms with Crippen molar-refractivity contribution in [2.75, 3.05) is 30.3 Å². The number of rotatable bonds is 3. The van der Waals surface area contributed by atoms with Crippen molar-refractivity contribution in [2.45, 2.75) is 38.3 Å². The van der Waals surface area contributed by atoms with Crippen molar-refractivity contribution >= 4 is 22.3 Å². The van der Waals surface area contributed by atoms with Gasteiger partial charge in [-0.1, -0.05) is 0 Å². The van der Waals surface area contributed by atoms with Crippen molar-refractivity contribution in [2.24, 2.45) is 5.92 Å². The van der Waals surface area contributed by atoms with Crippen LogP contribution in [0.2, 0.25) is 0 Å². The summed E-state index contributed by atoms with van der Waals surface area (Å²) < 4.78 is 1.66. The first-order valence-corrected chi connectivity index (χ1v) is 9.03. The third kappa shape index (κ3) is 2.60. The zero-order valence-electron chi connectivity index (χ0n) is 14.7. The number of aromatic amines is 1. The molecule has 8 nitrogen and oxygen atoms in total. The van der Waals surface area contributed by atoms with E-state index in [-0.39, 0.29) is 18.6 Å². The molecule has 1 saturated heterocycles. The van der Waals surface area contributed by atoms with Crippen LogP contribution in [0.25, 0.3) is 10.9 Å². The summed E-state index contributed by atoms with van der Waals surface area (Å²) in [5, 5.41) is 19.9. The Balaban J connectivity index is 1.92. The largest absolute Gasteiger partial charge is 0.398 e. The molecule has 4 rings (SSSR count). The smallest absolute Gasteiger partial charge is 0.329 e. The molecule has 2 heterocycles. The number of hydrogen-bond acceptors (Lipinski definition) is 6. The molecule has 1 aromatic heterocycles. The molecule has 140 valence electrons. The lowest BCUT2D eigenvalue weighted by Crippen LogP contribution is -2.45. The fourth-order valence-electron chi connectivity index (χ4n) is 4.06. The van der Waals surface area contributed by atoms with Gasteiger partial charge in [0.05, 0.1) is 23.6 Å². The number of aryl methyl sites for hydroxylation is 1. The Hall–Kier alpha value is -2.32. The number of benzene rings is 1. The van der Waals surface area contributed by atoms with E-state index in [4.69, 9.17) is 5.73 Å². The molecule has 0 spiro atoms. The molecule has 1 aliphatic carbocycles. The van der Waals surface area contributed by atoms with E-state index in [1.54, 1.807) is 10.6 Å². The van der Waals surface area contributed by atoms with Gasteiger partial charge in [0.1, 0.15) is 0 Å². The average molecular weight is 360 g/mol. The summed E-state index contributed by atoms with van der Waals surface area (Å²) in [6, 6.07) is 1.87. The van der Waals surface area contributed by atoms with Crippen LogP contribution in [0, 0.1) is 12.8 Å². The van der Waals surface area contributed by atoms with Crippen LogP contribution in [0.1, 0.15) is 30.9 Å². The number of nitrogens with zero attached hydrogens (tertiary/aromatic N) is 2. The van der Waals surface area contributed by atoms with E-state index in [0.717, 1.165) is 24.1 Å². The normalized spacial score (nSPS) is 23.6. The summed E-state index contributed by atoms with van der Waals surface area (Å²) in [6.45, 7) is 2.93. The fraction of sp³-hybridized carbons (Fsp3) is 0.556. The molecule has 2 aliphatic rings. The van der Waals surface area contributed by atoms with Gasteiger partial charge in [0.25, 0.3) is 5.56 Å². The van der Waals surface area contributed by atoms with Crippen molar-refractivity contribution in [3.05, 3.63) is 32.5 Å². The van der Waals surface area contributed by atoms with Gasteiger partial charge in [-0.3, -0.25) is 14.3 Å². The number of hydrogen-bond donors (Lipinski definition) is 4. The zero-order valence-corrected chi connectivity index (χ0v) is 14.7. The van der Waals surface area contributed by atoms with Gasteiger partial charge in [0, 0.05) is 36.4 Å². The van der Waals surface area contributed by atoms with E-state index < -0.39 is 17.4 Å². The number of H-pyrrole nitrogens is 1. The molecule has 0 bridgehead atoms. The van der Waals surface area contributed by atoms with Crippen LogP contribution in [0.4, 0.5) is 11.4 Å². The van der Waals surface area contributed by atoms with Crippen molar-refractivity contribution in [1.82, 2.24) is 9.55 Å². The molecule has 1 aliphatic heterocycles. The van der Waals surface area contributed by atoms with Gasteiger partial charge in [0.2, 0.25) is 0 Å². The highest BCUT2D eigenvalue weighted by Gasteiger charge is 2.31. The molecule has 5 N–H and O–H groups in total. The number of aliphatic hydroxyl groups excluding tert-OH is 2. The Morgan fingerprint density at radius 2 is 2.04 bits per heavy atom. The lowest BCUT2D eigenvalue weighted by molar-refractivity contribution is 0.0525. The molecule has 2 fully saturated rings. The minimum absolute atomic E-state index is 0.0910. The number of aromatic nitrogens is 2. The number of anilines is 2. The minimum Gasteiger partial charge on any atom is -0.398 e. The van der Waals surface area contributed by atoms with Crippen LogP contribution in [0.3, 0.4) is 0 Å². The van der Waals surface area contributed by atoms with E-state index in [0.29, 0.717) is 36.1 Å². The summed E-state index contributed by atoms with van der Waals surface area (Å²) in [5.74, 6) is -0.232. The van der Waals surface area contributed by atoms with Crippen molar-refractivity contribution in [3.63, 3.8) is 0 Å². The number of aliphatic hydroxyl groups is 2. The highest BCUT2D eigenvalue weighted by Crippen LogP contribution is 2.39. The second-order valence-electron chi connectivity index (χ2n) is 7.44. The second-order valence-corrected chi connectivity index (χ2v) is 7.44. The van der Waals surface area contributed by atoms with Crippen molar-refractivity contribution < 1.29 is 10.2 Å². The molecule has 26 heavy (non-hydrogen) atoms. The van der Waals surface area contributed by atoms with E-state index >= 15 is 0 Å². The van der Waals surface area contributed by atoms with E-state index in [2.05, 4.69) is 9.88 Å². The Kier molecular flexibility index (Phi) is 4.04. The third-order valence-corrected chi connectivity index (χ3v) is 5.65. The van der Waals surface area contributed by atoms with Crippen LogP contribution in [-0.4, -0.2) is 45.6 Å². The summed E-state index contributed by atoms with van der Waals surface area (Å²) >= 11 is 0. The molecular weight excluding hydrogens is 336 g/mol. The standard InChI is InChI=1S/C18H24N4O4/c1-9-13(21-5-4-14(24)10(7-21)8-23)6-12(19)15-16(9)22(11-2-3-11)18(26)20-17(15)25/h6,10-11,14,23-24H,2-5,7-8,19H2,1H3,(H,20,25,26). The first-order chi connectivity index (χ1) is 12.4. The number of nitrogens with one attached hydrogen (secondary N) is 1. The Morgan fingerprint density at radius 1 is 1.31 bits per heavy atom. The summed E-state index contributed by atoms with van der Waals surface area (Å²) in [6.07, 6.45) is 1.84. The zero-order chi connectivity index (χ0) is 18.6. The number of piperidine rings is 1. The molecule has 2 unspecified atom stereocenters. The highest BCUT2D eigenvalue weighted by atomic mass is 16.3. The molecule has 2 aromatic rings. The molecule has 8 heteroatoms. The molecular formula is C18H24N4O4. The van der Waals surface area contributed by atoms with Gasteiger partial charge in [-0.2, -0.15) is 0 Å². The molecule has 0 radical (unpaired) electrons. The maximum atomic E-state index is 12.4. The highest BCUT2D eigenvalue weighted by molar-refractivity contribution is 5.96. The summed E-state index contributed by atoms with van der Waals surface area (Å²) in [7, 11) is 0. The van der Waals surface area contributed by atoms with Gasteiger partial charge >= 0.3 is 5.69 Å². The van der Waals surface area contributed by atoms with Crippen LogP contribution < -0.4 is 21.9 Å². The Bertz CT molecular complexity index is 976. The lowest BCUT2D eigenvalue weighted by Gasteiger charge is -2.38. The first kappa shape index (κ1) is 17.1. The molecule has 0 amide bonds. The van der Waals surface area contributed by atoms with E-state index in [9.17, 15) is 19.8 Å². The summed E-state index contributed by atoms with van der Waals surface area (Å²) in [5.41, 5.74) is 7.96. The van der Waals surface area contributed by atoms with Crippen LogP contribution in [-0.2, 0) is 0 Å². The molecule has 2 atom stereocenters. The Labute approximate surface area is 149 Å². The number of fused-ring (bicyclic) bond motifs is 1. The minimum atomic E-state index is -0.526. The number of nitrogen functional groups attached to an aromatic ring is 1.